The minimum absolute atomic E-state index is 0.184. The smallest absolute Gasteiger partial charge is 0.125 e. The van der Waals surface area contributed by atoms with Crippen LogP contribution in [0.25, 0.3) is 0 Å². The molecular formula is C13H22N2. The van der Waals surface area contributed by atoms with Crippen molar-refractivity contribution in [1.29, 1.82) is 0 Å². The SMILES string of the molecule is CC(C)CNc1ccc(C(C)(C)C)cn1. The summed E-state index contributed by atoms with van der Waals surface area (Å²) < 4.78 is 0. The molecule has 0 radical (unpaired) electrons. The predicted molar refractivity (Wildman–Crippen MR) is 66.3 cm³/mol. The number of pyridine rings is 1. The predicted octanol–water partition coefficient (Wildman–Crippen LogP) is 3.45. The molecule has 0 aliphatic rings. The Morgan fingerprint density at radius 2 is 1.93 bits per heavy atom. The maximum atomic E-state index is 4.41. The molecule has 0 bridgehead atoms. The number of aromatic nitrogens is 1. The van der Waals surface area contributed by atoms with Crippen LogP contribution >= 0.6 is 0 Å². The Bertz CT molecular complexity index is 293. The maximum Gasteiger partial charge on any atom is 0.125 e. The number of nitrogens with one attached hydrogen (secondary N) is 1. The minimum Gasteiger partial charge on any atom is -0.370 e. The lowest BCUT2D eigenvalue weighted by Crippen LogP contribution is -2.13. The van der Waals surface area contributed by atoms with Crippen LogP contribution in [0.2, 0.25) is 0 Å². The largest absolute Gasteiger partial charge is 0.370 e. The van der Waals surface area contributed by atoms with E-state index in [0.717, 1.165) is 12.4 Å². The van der Waals surface area contributed by atoms with Gasteiger partial charge in [0.1, 0.15) is 5.82 Å². The molecular weight excluding hydrogens is 184 g/mol. The second-order valence-corrected chi connectivity index (χ2v) is 5.46. The van der Waals surface area contributed by atoms with Gasteiger partial charge in [-0.15, -0.1) is 0 Å². The Morgan fingerprint density at radius 1 is 1.27 bits per heavy atom. The van der Waals surface area contributed by atoms with Crippen LogP contribution in [0.3, 0.4) is 0 Å². The summed E-state index contributed by atoms with van der Waals surface area (Å²) in [6.45, 7) is 12.0. The third-order valence-corrected chi connectivity index (χ3v) is 2.32. The van der Waals surface area contributed by atoms with E-state index in [2.05, 4.69) is 57.1 Å². The molecule has 1 N–H and O–H groups in total. The second-order valence-electron chi connectivity index (χ2n) is 5.46. The van der Waals surface area contributed by atoms with Crippen molar-refractivity contribution in [3.63, 3.8) is 0 Å². The molecule has 0 saturated carbocycles. The first-order chi connectivity index (χ1) is 6.89. The van der Waals surface area contributed by atoms with E-state index in [1.165, 1.54) is 5.56 Å². The molecule has 0 aromatic carbocycles. The van der Waals surface area contributed by atoms with Crippen molar-refractivity contribution >= 4 is 5.82 Å². The fourth-order valence-electron chi connectivity index (χ4n) is 1.25. The van der Waals surface area contributed by atoms with E-state index in [-0.39, 0.29) is 5.41 Å². The quantitative estimate of drug-likeness (QED) is 0.819. The van der Waals surface area contributed by atoms with Crippen molar-refractivity contribution < 1.29 is 0 Å². The van der Waals surface area contributed by atoms with Crippen LogP contribution in [0.5, 0.6) is 0 Å². The highest BCUT2D eigenvalue weighted by atomic mass is 15.0. The number of nitrogens with zero attached hydrogens (tertiary/aromatic N) is 1. The number of anilines is 1. The number of hydrogen-bond donors (Lipinski definition) is 1. The standard InChI is InChI=1S/C13H22N2/c1-10(2)8-14-12-7-6-11(9-15-12)13(3,4)5/h6-7,9-10H,8H2,1-5H3,(H,14,15). The lowest BCUT2D eigenvalue weighted by molar-refractivity contribution is 0.587. The van der Waals surface area contributed by atoms with Gasteiger partial charge in [-0.1, -0.05) is 40.7 Å². The summed E-state index contributed by atoms with van der Waals surface area (Å²) in [7, 11) is 0. The van der Waals surface area contributed by atoms with E-state index < -0.39 is 0 Å². The molecule has 0 aliphatic heterocycles. The molecule has 0 amide bonds. The van der Waals surface area contributed by atoms with Gasteiger partial charge in [0, 0.05) is 12.7 Å². The van der Waals surface area contributed by atoms with Gasteiger partial charge in [0.05, 0.1) is 0 Å². The van der Waals surface area contributed by atoms with Crippen LogP contribution in [0, 0.1) is 5.92 Å². The highest BCUT2D eigenvalue weighted by Gasteiger charge is 2.13. The lowest BCUT2D eigenvalue weighted by Gasteiger charge is -2.18. The molecule has 1 aromatic rings. The molecule has 0 atom stereocenters. The first-order valence-electron chi connectivity index (χ1n) is 5.60. The summed E-state index contributed by atoms with van der Waals surface area (Å²) >= 11 is 0. The van der Waals surface area contributed by atoms with Gasteiger partial charge in [-0.3, -0.25) is 0 Å². The zero-order chi connectivity index (χ0) is 11.5. The second kappa shape index (κ2) is 4.65. The average molecular weight is 206 g/mol. The monoisotopic (exact) mass is 206 g/mol. The van der Waals surface area contributed by atoms with Crippen molar-refractivity contribution in [3.8, 4) is 0 Å². The first kappa shape index (κ1) is 12.0. The summed E-state index contributed by atoms with van der Waals surface area (Å²) in [6, 6.07) is 4.21. The van der Waals surface area contributed by atoms with Gasteiger partial charge < -0.3 is 5.32 Å². The fourth-order valence-corrected chi connectivity index (χ4v) is 1.25. The van der Waals surface area contributed by atoms with Gasteiger partial charge in [-0.05, 0) is 23.0 Å². The van der Waals surface area contributed by atoms with E-state index in [0.29, 0.717) is 5.92 Å². The number of hydrogen-bond acceptors (Lipinski definition) is 2. The molecule has 0 saturated heterocycles. The summed E-state index contributed by atoms with van der Waals surface area (Å²) in [5.41, 5.74) is 1.46. The molecule has 1 rings (SSSR count). The Hall–Kier alpha value is -1.05. The first-order valence-corrected chi connectivity index (χ1v) is 5.60. The highest BCUT2D eigenvalue weighted by molar-refractivity contribution is 5.37. The molecule has 1 aromatic heterocycles. The van der Waals surface area contributed by atoms with Gasteiger partial charge in [-0.2, -0.15) is 0 Å². The van der Waals surface area contributed by atoms with Gasteiger partial charge >= 0.3 is 0 Å². The van der Waals surface area contributed by atoms with Crippen LogP contribution in [0.4, 0.5) is 5.82 Å². The minimum atomic E-state index is 0.184. The molecule has 0 unspecified atom stereocenters. The normalized spacial score (nSPS) is 11.9. The van der Waals surface area contributed by atoms with Crippen LogP contribution in [-0.4, -0.2) is 11.5 Å². The lowest BCUT2D eigenvalue weighted by atomic mass is 9.88. The third-order valence-electron chi connectivity index (χ3n) is 2.32. The zero-order valence-electron chi connectivity index (χ0n) is 10.5. The average Bonchev–Trinajstić information content (AvgIpc) is 2.14. The molecule has 0 aliphatic carbocycles. The molecule has 0 spiro atoms. The maximum absolute atomic E-state index is 4.41. The molecule has 1 heterocycles. The molecule has 2 heteroatoms. The molecule has 0 fully saturated rings. The summed E-state index contributed by atoms with van der Waals surface area (Å²) in [5.74, 6) is 1.62. The number of rotatable bonds is 3. The van der Waals surface area contributed by atoms with Crippen LogP contribution in [0.15, 0.2) is 18.3 Å². The summed E-state index contributed by atoms with van der Waals surface area (Å²) in [5, 5.41) is 3.31. The van der Waals surface area contributed by atoms with Crippen LogP contribution in [-0.2, 0) is 5.41 Å². The Kier molecular flexibility index (Phi) is 3.72. The van der Waals surface area contributed by atoms with E-state index in [1.807, 2.05) is 6.20 Å². The van der Waals surface area contributed by atoms with Crippen molar-refractivity contribution in [2.45, 2.75) is 40.0 Å². The van der Waals surface area contributed by atoms with E-state index >= 15 is 0 Å². The van der Waals surface area contributed by atoms with Gasteiger partial charge in [0.15, 0.2) is 0 Å². The fraction of sp³-hybridized carbons (Fsp3) is 0.615. The van der Waals surface area contributed by atoms with Crippen molar-refractivity contribution in [3.05, 3.63) is 23.9 Å². The molecule has 15 heavy (non-hydrogen) atoms. The molecule has 2 nitrogen and oxygen atoms in total. The van der Waals surface area contributed by atoms with E-state index in [9.17, 15) is 0 Å². The highest BCUT2D eigenvalue weighted by Crippen LogP contribution is 2.21. The van der Waals surface area contributed by atoms with E-state index in [1.54, 1.807) is 0 Å². The van der Waals surface area contributed by atoms with Crippen molar-refractivity contribution in [1.82, 2.24) is 4.98 Å². The van der Waals surface area contributed by atoms with Crippen molar-refractivity contribution in [2.75, 3.05) is 11.9 Å². The third kappa shape index (κ3) is 3.90. The van der Waals surface area contributed by atoms with Gasteiger partial charge in [0.25, 0.3) is 0 Å². The van der Waals surface area contributed by atoms with Gasteiger partial charge in [-0.25, -0.2) is 4.98 Å². The Balaban J connectivity index is 2.65. The topological polar surface area (TPSA) is 24.9 Å². The van der Waals surface area contributed by atoms with Crippen LogP contribution < -0.4 is 5.32 Å². The molecule has 84 valence electrons. The summed E-state index contributed by atoms with van der Waals surface area (Å²) in [4.78, 5) is 4.41. The Labute approximate surface area is 93.1 Å². The van der Waals surface area contributed by atoms with E-state index in [4.69, 9.17) is 0 Å². The van der Waals surface area contributed by atoms with Crippen molar-refractivity contribution in [2.24, 2.45) is 5.92 Å². The van der Waals surface area contributed by atoms with Crippen LogP contribution in [0.1, 0.15) is 40.2 Å². The zero-order valence-corrected chi connectivity index (χ0v) is 10.5. The van der Waals surface area contributed by atoms with Gasteiger partial charge in [0.2, 0.25) is 0 Å². The Morgan fingerprint density at radius 3 is 2.33 bits per heavy atom. The summed E-state index contributed by atoms with van der Waals surface area (Å²) in [6.07, 6.45) is 1.96.